The molecule has 33 heavy (non-hydrogen) atoms. The average Bonchev–Trinajstić information content (AvgIpc) is 3.24. The first kappa shape index (κ1) is 23.5. The van der Waals surface area contributed by atoms with E-state index in [1.807, 2.05) is 29.2 Å². The number of aromatic nitrogens is 3. The predicted octanol–water partition coefficient (Wildman–Crippen LogP) is 4.34. The third-order valence-electron chi connectivity index (χ3n) is 5.68. The van der Waals surface area contributed by atoms with E-state index in [4.69, 9.17) is 9.72 Å². The molecule has 2 aromatic heterocycles. The van der Waals surface area contributed by atoms with Gasteiger partial charge in [0, 0.05) is 44.1 Å². The van der Waals surface area contributed by atoms with E-state index in [0.29, 0.717) is 17.6 Å². The van der Waals surface area contributed by atoms with Crippen LogP contribution in [0.1, 0.15) is 22.3 Å². The van der Waals surface area contributed by atoms with Crippen LogP contribution >= 0.6 is 23.7 Å². The highest BCUT2D eigenvalue weighted by Gasteiger charge is 2.22. The van der Waals surface area contributed by atoms with Crippen LogP contribution in [0.25, 0.3) is 21.3 Å². The minimum atomic E-state index is -0.0599. The number of halogens is 1. The summed E-state index contributed by atoms with van der Waals surface area (Å²) in [5, 5.41) is 0.733. The molecule has 1 fully saturated rings. The molecule has 0 atom stereocenters. The summed E-state index contributed by atoms with van der Waals surface area (Å²) in [6.07, 6.45) is 4.17. The Balaban J connectivity index is 0.00000259. The quantitative estimate of drug-likeness (QED) is 0.406. The van der Waals surface area contributed by atoms with Crippen molar-refractivity contribution in [3.8, 4) is 0 Å². The van der Waals surface area contributed by atoms with Gasteiger partial charge in [0.1, 0.15) is 0 Å². The summed E-state index contributed by atoms with van der Waals surface area (Å²) in [4.78, 5) is 31.3. The van der Waals surface area contributed by atoms with Crippen molar-refractivity contribution in [1.82, 2.24) is 19.9 Å². The van der Waals surface area contributed by atoms with Gasteiger partial charge in [0.25, 0.3) is 5.91 Å². The standard InChI is InChI=1S/C24H25N5O2S.ClH/c1-17-3-5-20-22(15-17)32-24(27-20)29(10-2-9-28-11-13-31-14-12-28)23(30)18-4-6-19-21(16-18)26-8-7-25-19;/h3-8,15-16H,2,9-14H2,1H3;1H. The van der Waals surface area contributed by atoms with E-state index in [1.54, 1.807) is 23.7 Å². The zero-order chi connectivity index (χ0) is 21.9. The predicted molar refractivity (Wildman–Crippen MR) is 135 cm³/mol. The summed E-state index contributed by atoms with van der Waals surface area (Å²) in [5.41, 5.74) is 4.20. The highest BCUT2D eigenvalue weighted by Crippen LogP contribution is 2.31. The fraction of sp³-hybridized carbons (Fsp3) is 0.333. The fourth-order valence-corrected chi connectivity index (χ4v) is 5.04. The van der Waals surface area contributed by atoms with Crippen molar-refractivity contribution >= 4 is 56.0 Å². The second-order valence-electron chi connectivity index (χ2n) is 7.99. The van der Waals surface area contributed by atoms with Crippen LogP contribution in [0, 0.1) is 6.92 Å². The number of anilines is 1. The van der Waals surface area contributed by atoms with Gasteiger partial charge in [-0.05, 0) is 49.2 Å². The van der Waals surface area contributed by atoms with Crippen molar-refractivity contribution in [2.75, 3.05) is 44.3 Å². The normalized spacial score (nSPS) is 14.3. The molecule has 0 saturated carbocycles. The molecule has 0 radical (unpaired) electrons. The number of nitrogens with zero attached hydrogens (tertiary/aromatic N) is 5. The number of thiazole rings is 1. The van der Waals surface area contributed by atoms with E-state index in [1.165, 1.54) is 5.56 Å². The largest absolute Gasteiger partial charge is 0.379 e. The molecule has 1 aliphatic heterocycles. The Labute approximate surface area is 202 Å². The number of hydrogen-bond acceptors (Lipinski definition) is 7. The second-order valence-corrected chi connectivity index (χ2v) is 9.00. The lowest BCUT2D eigenvalue weighted by Crippen LogP contribution is -2.39. The van der Waals surface area contributed by atoms with Gasteiger partial charge in [-0.2, -0.15) is 0 Å². The number of morpholine rings is 1. The van der Waals surface area contributed by atoms with Crippen LogP contribution in [0.2, 0.25) is 0 Å². The molecule has 1 saturated heterocycles. The van der Waals surface area contributed by atoms with E-state index >= 15 is 0 Å². The highest BCUT2D eigenvalue weighted by atomic mass is 35.5. The summed E-state index contributed by atoms with van der Waals surface area (Å²) in [6, 6.07) is 11.7. The van der Waals surface area contributed by atoms with Gasteiger partial charge in [-0.3, -0.25) is 24.6 Å². The number of hydrogen-bond donors (Lipinski definition) is 0. The molecular formula is C24H26ClN5O2S. The second kappa shape index (κ2) is 10.5. The van der Waals surface area contributed by atoms with E-state index in [-0.39, 0.29) is 18.3 Å². The summed E-state index contributed by atoms with van der Waals surface area (Å²) in [5.74, 6) is -0.0599. The zero-order valence-corrected chi connectivity index (χ0v) is 20.1. The molecule has 5 rings (SSSR count). The van der Waals surface area contributed by atoms with Gasteiger partial charge in [-0.1, -0.05) is 17.4 Å². The van der Waals surface area contributed by atoms with E-state index in [0.717, 1.165) is 60.1 Å². The number of fused-ring (bicyclic) bond motifs is 2. The molecule has 2 aromatic carbocycles. The third kappa shape index (κ3) is 5.30. The molecule has 4 aromatic rings. The van der Waals surface area contributed by atoms with Crippen molar-refractivity contribution in [3.05, 3.63) is 59.9 Å². The Kier molecular flexibility index (Phi) is 7.49. The van der Waals surface area contributed by atoms with Crippen LogP contribution in [-0.4, -0.2) is 65.2 Å². The topological polar surface area (TPSA) is 71.5 Å². The van der Waals surface area contributed by atoms with Gasteiger partial charge in [0.15, 0.2) is 5.13 Å². The number of rotatable bonds is 6. The number of aryl methyl sites for hydroxylation is 1. The van der Waals surface area contributed by atoms with Crippen molar-refractivity contribution in [2.24, 2.45) is 0 Å². The summed E-state index contributed by atoms with van der Waals surface area (Å²) >= 11 is 1.56. The molecule has 1 aliphatic rings. The number of benzene rings is 2. The Morgan fingerprint density at radius 1 is 1.06 bits per heavy atom. The van der Waals surface area contributed by atoms with Crippen LogP contribution in [0.5, 0.6) is 0 Å². The molecule has 0 unspecified atom stereocenters. The van der Waals surface area contributed by atoms with Crippen LogP contribution in [0.4, 0.5) is 5.13 Å². The molecule has 0 N–H and O–H groups in total. The van der Waals surface area contributed by atoms with Crippen molar-refractivity contribution in [2.45, 2.75) is 13.3 Å². The van der Waals surface area contributed by atoms with E-state index in [9.17, 15) is 4.79 Å². The van der Waals surface area contributed by atoms with Gasteiger partial charge in [0.2, 0.25) is 0 Å². The lowest BCUT2D eigenvalue weighted by Gasteiger charge is -2.27. The molecule has 172 valence electrons. The first-order valence-electron chi connectivity index (χ1n) is 10.9. The first-order valence-corrected chi connectivity index (χ1v) is 11.7. The SMILES string of the molecule is Cc1ccc2nc(N(CCCN3CCOCC3)C(=O)c3ccc4nccnc4c3)sc2c1.Cl. The van der Waals surface area contributed by atoms with E-state index in [2.05, 4.69) is 33.9 Å². The monoisotopic (exact) mass is 483 g/mol. The lowest BCUT2D eigenvalue weighted by atomic mass is 10.1. The minimum absolute atomic E-state index is 0. The molecule has 0 aliphatic carbocycles. The summed E-state index contributed by atoms with van der Waals surface area (Å²) in [6.45, 7) is 7.04. The lowest BCUT2D eigenvalue weighted by molar-refractivity contribution is 0.0376. The Morgan fingerprint density at radius 3 is 2.64 bits per heavy atom. The minimum Gasteiger partial charge on any atom is -0.379 e. The Bertz CT molecular complexity index is 1260. The molecule has 0 spiro atoms. The number of carbonyl (C=O) groups excluding carboxylic acids is 1. The van der Waals surface area contributed by atoms with Crippen LogP contribution < -0.4 is 4.90 Å². The van der Waals surface area contributed by atoms with Gasteiger partial charge in [0.05, 0.1) is 34.5 Å². The van der Waals surface area contributed by atoms with E-state index < -0.39 is 0 Å². The first-order chi connectivity index (χ1) is 15.7. The van der Waals surface area contributed by atoms with Gasteiger partial charge < -0.3 is 4.74 Å². The van der Waals surface area contributed by atoms with Crippen molar-refractivity contribution in [3.63, 3.8) is 0 Å². The van der Waals surface area contributed by atoms with Crippen LogP contribution in [0.3, 0.4) is 0 Å². The average molecular weight is 484 g/mol. The highest BCUT2D eigenvalue weighted by molar-refractivity contribution is 7.22. The third-order valence-corrected chi connectivity index (χ3v) is 6.73. The molecule has 3 heterocycles. The Morgan fingerprint density at radius 2 is 1.82 bits per heavy atom. The zero-order valence-electron chi connectivity index (χ0n) is 18.4. The number of ether oxygens (including phenoxy) is 1. The van der Waals surface area contributed by atoms with Crippen LogP contribution in [0.15, 0.2) is 48.8 Å². The molecular weight excluding hydrogens is 458 g/mol. The maximum atomic E-state index is 13.6. The van der Waals surface area contributed by atoms with Crippen molar-refractivity contribution < 1.29 is 9.53 Å². The maximum Gasteiger partial charge on any atom is 0.260 e. The molecule has 7 nitrogen and oxygen atoms in total. The van der Waals surface area contributed by atoms with Gasteiger partial charge >= 0.3 is 0 Å². The number of amides is 1. The molecule has 1 amide bonds. The Hall–Kier alpha value is -2.65. The summed E-state index contributed by atoms with van der Waals surface area (Å²) < 4.78 is 6.54. The molecule has 9 heteroatoms. The fourth-order valence-electron chi connectivity index (χ4n) is 3.95. The smallest absolute Gasteiger partial charge is 0.260 e. The summed E-state index contributed by atoms with van der Waals surface area (Å²) in [7, 11) is 0. The van der Waals surface area contributed by atoms with Gasteiger partial charge in [-0.15, -0.1) is 12.4 Å². The maximum absolute atomic E-state index is 13.6. The van der Waals surface area contributed by atoms with Crippen molar-refractivity contribution in [1.29, 1.82) is 0 Å². The molecule has 0 bridgehead atoms. The van der Waals surface area contributed by atoms with Crippen LogP contribution in [-0.2, 0) is 4.74 Å². The van der Waals surface area contributed by atoms with Gasteiger partial charge in [-0.25, -0.2) is 4.98 Å². The number of carbonyl (C=O) groups is 1.